The summed E-state index contributed by atoms with van der Waals surface area (Å²) in [7, 11) is 1.53. The van der Waals surface area contributed by atoms with E-state index in [9.17, 15) is 4.79 Å². The van der Waals surface area contributed by atoms with Gasteiger partial charge in [0.15, 0.2) is 0 Å². The van der Waals surface area contributed by atoms with Crippen LogP contribution in [0.4, 0.5) is 5.69 Å². The summed E-state index contributed by atoms with van der Waals surface area (Å²) in [5.41, 5.74) is 0.594. The van der Waals surface area contributed by atoms with Gasteiger partial charge in [0.25, 0.3) is 5.91 Å². The number of hydrogen-bond acceptors (Lipinski definition) is 4. The Bertz CT molecular complexity index is 726. The number of para-hydroxylation sites is 2. The number of benzene rings is 1. The van der Waals surface area contributed by atoms with E-state index < -0.39 is 5.91 Å². The lowest BCUT2D eigenvalue weighted by Crippen LogP contribution is -2.14. The maximum Gasteiger partial charge on any atom is 0.266 e. The Labute approximate surface area is 127 Å². The predicted molar refractivity (Wildman–Crippen MR) is 84.3 cm³/mol. The van der Waals surface area contributed by atoms with Crippen LogP contribution in [0.3, 0.4) is 0 Å². The molecule has 0 atom stereocenters. The zero-order valence-corrected chi connectivity index (χ0v) is 12.5. The van der Waals surface area contributed by atoms with Gasteiger partial charge in [0, 0.05) is 9.75 Å². The maximum absolute atomic E-state index is 12.2. The molecular formula is C16H14N2O2S. The zero-order chi connectivity index (χ0) is 15.2. The minimum Gasteiger partial charge on any atom is -0.495 e. The van der Waals surface area contributed by atoms with Crippen molar-refractivity contribution in [3.63, 3.8) is 0 Å². The summed E-state index contributed by atoms with van der Waals surface area (Å²) >= 11 is 1.53. The summed E-state index contributed by atoms with van der Waals surface area (Å²) < 4.78 is 5.17. The number of carbonyl (C=O) groups is 1. The minimum absolute atomic E-state index is 0.0581. The van der Waals surface area contributed by atoms with Gasteiger partial charge in [-0.05, 0) is 37.3 Å². The van der Waals surface area contributed by atoms with Gasteiger partial charge in [-0.3, -0.25) is 4.79 Å². The van der Waals surface area contributed by atoms with Crippen molar-refractivity contribution in [1.82, 2.24) is 0 Å². The molecule has 0 fully saturated rings. The van der Waals surface area contributed by atoms with Crippen LogP contribution in [0.25, 0.3) is 6.08 Å². The van der Waals surface area contributed by atoms with E-state index >= 15 is 0 Å². The molecule has 5 heteroatoms. The Balaban J connectivity index is 2.22. The molecule has 2 aromatic rings. The second-order valence-electron chi connectivity index (χ2n) is 4.27. The summed E-state index contributed by atoms with van der Waals surface area (Å²) in [5, 5.41) is 11.9. The molecule has 106 valence electrons. The Kier molecular flexibility index (Phi) is 4.75. The molecule has 0 unspecified atom stereocenters. The molecule has 0 radical (unpaired) electrons. The van der Waals surface area contributed by atoms with Gasteiger partial charge in [-0.2, -0.15) is 5.26 Å². The molecule has 0 spiro atoms. The highest BCUT2D eigenvalue weighted by atomic mass is 32.1. The summed E-state index contributed by atoms with van der Waals surface area (Å²) in [4.78, 5) is 14.2. The van der Waals surface area contributed by atoms with E-state index in [4.69, 9.17) is 10.00 Å². The number of nitrogens with zero attached hydrogens (tertiary/aromatic N) is 1. The number of thiophene rings is 1. The number of anilines is 1. The zero-order valence-electron chi connectivity index (χ0n) is 11.7. The summed E-state index contributed by atoms with van der Waals surface area (Å²) in [6.07, 6.45) is 1.59. The monoisotopic (exact) mass is 298 g/mol. The van der Waals surface area contributed by atoms with Crippen LogP contribution >= 0.6 is 11.3 Å². The molecule has 1 heterocycles. The quantitative estimate of drug-likeness (QED) is 0.693. The number of methoxy groups -OCH3 is 1. The highest BCUT2D eigenvalue weighted by Crippen LogP contribution is 2.24. The third kappa shape index (κ3) is 3.71. The summed E-state index contributed by atoms with van der Waals surface area (Å²) in [5.74, 6) is 0.100. The van der Waals surface area contributed by atoms with Gasteiger partial charge in [-0.1, -0.05) is 12.1 Å². The average Bonchev–Trinajstić information content (AvgIpc) is 2.90. The lowest BCUT2D eigenvalue weighted by Gasteiger charge is -2.08. The minimum atomic E-state index is -0.451. The molecule has 21 heavy (non-hydrogen) atoms. The predicted octanol–water partition coefficient (Wildman–Crippen LogP) is 3.61. The van der Waals surface area contributed by atoms with Crippen LogP contribution in [0.5, 0.6) is 5.75 Å². The highest BCUT2D eigenvalue weighted by Gasteiger charge is 2.12. The fraction of sp³-hybridized carbons (Fsp3) is 0.125. The molecule has 0 aliphatic rings. The van der Waals surface area contributed by atoms with Gasteiger partial charge in [0.1, 0.15) is 17.4 Å². The largest absolute Gasteiger partial charge is 0.495 e. The number of carbonyl (C=O) groups excluding carboxylic acids is 1. The number of aryl methyl sites for hydroxylation is 1. The van der Waals surface area contributed by atoms with E-state index in [1.54, 1.807) is 24.3 Å². The van der Waals surface area contributed by atoms with E-state index in [-0.39, 0.29) is 5.57 Å². The Morgan fingerprint density at radius 2 is 2.10 bits per heavy atom. The second kappa shape index (κ2) is 6.73. The van der Waals surface area contributed by atoms with Crippen LogP contribution in [-0.4, -0.2) is 13.0 Å². The molecule has 0 bridgehead atoms. The van der Waals surface area contributed by atoms with Gasteiger partial charge in [0.05, 0.1) is 12.8 Å². The van der Waals surface area contributed by atoms with Crippen molar-refractivity contribution in [2.24, 2.45) is 0 Å². The van der Waals surface area contributed by atoms with Gasteiger partial charge in [-0.25, -0.2) is 0 Å². The lowest BCUT2D eigenvalue weighted by molar-refractivity contribution is -0.112. The van der Waals surface area contributed by atoms with Crippen molar-refractivity contribution in [2.45, 2.75) is 6.92 Å². The van der Waals surface area contributed by atoms with E-state index in [0.717, 1.165) is 9.75 Å². The molecule has 0 aliphatic carbocycles. The molecule has 1 aromatic carbocycles. The van der Waals surface area contributed by atoms with Crippen molar-refractivity contribution < 1.29 is 9.53 Å². The highest BCUT2D eigenvalue weighted by molar-refractivity contribution is 7.12. The molecule has 2 rings (SSSR count). The summed E-state index contributed by atoms with van der Waals surface area (Å²) in [6.45, 7) is 1.98. The van der Waals surface area contributed by atoms with E-state index in [0.29, 0.717) is 11.4 Å². The number of amides is 1. The average molecular weight is 298 g/mol. The normalized spacial score (nSPS) is 10.8. The lowest BCUT2D eigenvalue weighted by atomic mass is 10.2. The standard InChI is InChI=1S/C16H14N2O2S/c1-11-7-8-13(21-11)9-12(10-17)16(19)18-14-5-3-4-6-15(14)20-2/h3-9H,1-2H3,(H,18,19)/b12-9+. The number of nitrogens with one attached hydrogen (secondary N) is 1. The first-order valence-corrected chi connectivity index (χ1v) is 7.08. The van der Waals surface area contributed by atoms with Crippen molar-refractivity contribution >= 4 is 29.0 Å². The molecule has 0 aliphatic heterocycles. The molecular weight excluding hydrogens is 284 g/mol. The van der Waals surface area contributed by atoms with Crippen LogP contribution in [0, 0.1) is 18.3 Å². The molecule has 0 saturated carbocycles. The van der Waals surface area contributed by atoms with E-state index in [2.05, 4.69) is 5.32 Å². The topological polar surface area (TPSA) is 62.1 Å². The Morgan fingerprint density at radius 3 is 2.71 bits per heavy atom. The molecule has 1 aromatic heterocycles. The van der Waals surface area contributed by atoms with Crippen LogP contribution in [0.2, 0.25) is 0 Å². The number of hydrogen-bond donors (Lipinski definition) is 1. The first-order chi connectivity index (χ1) is 10.1. The van der Waals surface area contributed by atoms with Crippen molar-refractivity contribution in [2.75, 3.05) is 12.4 Å². The van der Waals surface area contributed by atoms with Gasteiger partial charge in [0.2, 0.25) is 0 Å². The van der Waals surface area contributed by atoms with Crippen molar-refractivity contribution in [3.8, 4) is 11.8 Å². The third-order valence-electron chi connectivity index (χ3n) is 2.77. The van der Waals surface area contributed by atoms with Crippen LogP contribution in [-0.2, 0) is 4.79 Å². The number of rotatable bonds is 4. The number of ether oxygens (including phenoxy) is 1. The van der Waals surface area contributed by atoms with Gasteiger partial charge < -0.3 is 10.1 Å². The Hall–Kier alpha value is -2.58. The maximum atomic E-state index is 12.2. The second-order valence-corrected chi connectivity index (χ2v) is 5.59. The van der Waals surface area contributed by atoms with Gasteiger partial charge in [-0.15, -0.1) is 11.3 Å². The molecule has 0 saturated heterocycles. The SMILES string of the molecule is COc1ccccc1NC(=O)/C(C#N)=C/c1ccc(C)s1. The Morgan fingerprint density at radius 1 is 1.33 bits per heavy atom. The van der Waals surface area contributed by atoms with E-state index in [1.165, 1.54) is 18.4 Å². The van der Waals surface area contributed by atoms with Crippen LogP contribution in [0.15, 0.2) is 42.0 Å². The summed E-state index contributed by atoms with van der Waals surface area (Å²) in [6, 6.07) is 12.8. The smallest absolute Gasteiger partial charge is 0.266 e. The number of nitriles is 1. The fourth-order valence-electron chi connectivity index (χ4n) is 1.76. The fourth-order valence-corrected chi connectivity index (χ4v) is 2.58. The van der Waals surface area contributed by atoms with E-state index in [1.807, 2.05) is 31.2 Å². The van der Waals surface area contributed by atoms with Crippen molar-refractivity contribution in [1.29, 1.82) is 5.26 Å². The molecule has 1 amide bonds. The first-order valence-electron chi connectivity index (χ1n) is 6.26. The van der Waals surface area contributed by atoms with Crippen molar-refractivity contribution in [3.05, 3.63) is 51.7 Å². The van der Waals surface area contributed by atoms with Crippen LogP contribution in [0.1, 0.15) is 9.75 Å². The molecule has 4 nitrogen and oxygen atoms in total. The molecule has 1 N–H and O–H groups in total. The van der Waals surface area contributed by atoms with Gasteiger partial charge >= 0.3 is 0 Å². The third-order valence-corrected chi connectivity index (χ3v) is 3.72. The first kappa shape index (κ1) is 14.8. The van der Waals surface area contributed by atoms with Crippen LogP contribution < -0.4 is 10.1 Å².